The maximum Gasteiger partial charge on any atom is 0.322 e. The van der Waals surface area contributed by atoms with Crippen molar-refractivity contribution < 1.29 is 19.4 Å². The number of carbonyl (C=O) groups excluding carboxylic acids is 1. The van der Waals surface area contributed by atoms with Gasteiger partial charge in [-0.1, -0.05) is 44.5 Å². The number of carbonyl (C=O) groups is 2. The van der Waals surface area contributed by atoms with Crippen LogP contribution < -0.4 is 5.32 Å². The second-order valence-electron chi connectivity index (χ2n) is 13.1. The van der Waals surface area contributed by atoms with E-state index in [4.69, 9.17) is 16.3 Å². The predicted octanol–water partition coefficient (Wildman–Crippen LogP) is 6.90. The normalized spacial score (nSPS) is 24.3. The molecule has 0 aromatic heterocycles. The Morgan fingerprint density at radius 2 is 1.78 bits per heavy atom. The molecule has 1 aromatic carbocycles. The standard InChI is InChI=1S/C29H43ClN2O4/c1-26(2,3)13-11-19-9-10-21(15-23(19)30)29(8)22(18-32(25(35)31-29)14-12-24(33)34)20-16-27(4,5)36-28(6,7)17-20/h9-10,15,18,20H,11-14,16-17H2,1-8H3,(H,31,35)(H,33,34)/t29-/m0/s1. The van der Waals surface area contributed by atoms with Crippen LogP contribution in [0, 0.1) is 11.3 Å². The Bertz CT molecular complexity index is 1020. The van der Waals surface area contributed by atoms with Gasteiger partial charge in [0.15, 0.2) is 0 Å². The lowest BCUT2D eigenvalue weighted by Gasteiger charge is -2.50. The number of benzene rings is 1. The zero-order valence-corrected chi connectivity index (χ0v) is 23.9. The third-order valence-corrected chi connectivity index (χ3v) is 7.65. The second-order valence-corrected chi connectivity index (χ2v) is 13.5. The van der Waals surface area contributed by atoms with Gasteiger partial charge in [-0.15, -0.1) is 0 Å². The Morgan fingerprint density at radius 1 is 1.17 bits per heavy atom. The monoisotopic (exact) mass is 518 g/mol. The van der Waals surface area contributed by atoms with Gasteiger partial charge in [0.1, 0.15) is 0 Å². The molecule has 3 rings (SSSR count). The summed E-state index contributed by atoms with van der Waals surface area (Å²) >= 11 is 6.79. The van der Waals surface area contributed by atoms with Crippen LogP contribution in [0.5, 0.6) is 0 Å². The van der Waals surface area contributed by atoms with Crippen molar-refractivity contribution in [2.45, 2.75) is 104 Å². The Balaban J connectivity index is 2.04. The number of nitrogens with zero attached hydrogens (tertiary/aromatic N) is 1. The molecule has 1 fully saturated rings. The lowest BCUT2D eigenvalue weighted by atomic mass is 9.69. The molecule has 1 aromatic rings. The fourth-order valence-electron chi connectivity index (χ4n) is 5.73. The molecule has 0 spiro atoms. The fourth-order valence-corrected chi connectivity index (χ4v) is 6.00. The minimum absolute atomic E-state index is 0.114. The first-order valence-electron chi connectivity index (χ1n) is 12.9. The number of hydrogen-bond donors (Lipinski definition) is 2. The molecule has 6 nitrogen and oxygen atoms in total. The van der Waals surface area contributed by atoms with Gasteiger partial charge in [-0.05, 0) is 94.4 Å². The minimum Gasteiger partial charge on any atom is -0.481 e. The highest BCUT2D eigenvalue weighted by Crippen LogP contribution is 2.48. The molecule has 7 heteroatoms. The fraction of sp³-hybridized carbons (Fsp3) is 0.655. The van der Waals surface area contributed by atoms with E-state index in [0.717, 1.165) is 42.4 Å². The summed E-state index contributed by atoms with van der Waals surface area (Å²) in [5.41, 5.74) is 1.83. The van der Waals surface area contributed by atoms with Crippen molar-refractivity contribution in [1.82, 2.24) is 10.2 Å². The van der Waals surface area contributed by atoms with E-state index in [1.165, 1.54) is 4.90 Å². The van der Waals surface area contributed by atoms with Gasteiger partial charge in [0, 0.05) is 17.8 Å². The molecule has 0 unspecified atom stereocenters. The first-order valence-corrected chi connectivity index (χ1v) is 13.3. The zero-order chi connectivity index (χ0) is 27.1. The number of rotatable bonds is 7. The van der Waals surface area contributed by atoms with Crippen LogP contribution in [0.15, 0.2) is 30.0 Å². The summed E-state index contributed by atoms with van der Waals surface area (Å²) in [7, 11) is 0. The molecule has 2 aliphatic heterocycles. The Morgan fingerprint density at radius 3 is 2.31 bits per heavy atom. The van der Waals surface area contributed by atoms with Crippen LogP contribution in [0.4, 0.5) is 4.79 Å². The zero-order valence-electron chi connectivity index (χ0n) is 23.1. The number of aryl methyl sites for hydroxylation is 1. The number of halogens is 1. The Labute approximate surface area is 221 Å². The van der Waals surface area contributed by atoms with E-state index >= 15 is 0 Å². The van der Waals surface area contributed by atoms with Crippen molar-refractivity contribution >= 4 is 23.6 Å². The molecule has 2 amide bonds. The Hall–Kier alpha value is -2.05. The molecule has 36 heavy (non-hydrogen) atoms. The molecule has 1 atom stereocenters. The summed E-state index contributed by atoms with van der Waals surface area (Å²) in [6.45, 7) is 17.2. The summed E-state index contributed by atoms with van der Waals surface area (Å²) < 4.78 is 6.35. The highest BCUT2D eigenvalue weighted by atomic mass is 35.5. The van der Waals surface area contributed by atoms with Crippen molar-refractivity contribution in [3.63, 3.8) is 0 Å². The lowest BCUT2D eigenvalue weighted by Crippen LogP contribution is -2.57. The van der Waals surface area contributed by atoms with Gasteiger partial charge in [-0.25, -0.2) is 4.79 Å². The summed E-state index contributed by atoms with van der Waals surface area (Å²) in [6.07, 6.45) is 5.25. The number of nitrogens with one attached hydrogen (secondary N) is 1. The van der Waals surface area contributed by atoms with Crippen LogP contribution in [0.25, 0.3) is 0 Å². The van der Waals surface area contributed by atoms with Gasteiger partial charge >= 0.3 is 12.0 Å². The van der Waals surface area contributed by atoms with E-state index in [0.29, 0.717) is 5.02 Å². The van der Waals surface area contributed by atoms with Crippen LogP contribution in [-0.2, 0) is 21.5 Å². The molecule has 2 heterocycles. The lowest BCUT2D eigenvalue weighted by molar-refractivity contribution is -0.169. The molecule has 0 radical (unpaired) electrons. The quantitative estimate of drug-likeness (QED) is 0.411. The smallest absolute Gasteiger partial charge is 0.322 e. The average molecular weight is 519 g/mol. The summed E-state index contributed by atoms with van der Waals surface area (Å²) in [5.74, 6) is -0.807. The minimum atomic E-state index is -0.933. The number of carboxylic acid groups (broad SMARTS) is 1. The van der Waals surface area contributed by atoms with Crippen LogP contribution in [0.2, 0.25) is 5.02 Å². The number of ether oxygens (including phenoxy) is 1. The number of hydrogen-bond acceptors (Lipinski definition) is 3. The second kappa shape index (κ2) is 10.0. The van der Waals surface area contributed by atoms with Gasteiger partial charge < -0.3 is 20.1 Å². The summed E-state index contributed by atoms with van der Waals surface area (Å²) in [5, 5.41) is 13.1. The van der Waals surface area contributed by atoms with Crippen molar-refractivity contribution in [2.75, 3.05) is 6.54 Å². The third-order valence-electron chi connectivity index (χ3n) is 7.30. The number of aliphatic carboxylic acids is 1. The summed E-state index contributed by atoms with van der Waals surface area (Å²) in [6, 6.07) is 5.82. The van der Waals surface area contributed by atoms with E-state index in [1.54, 1.807) is 0 Å². The Kier molecular flexibility index (Phi) is 7.93. The van der Waals surface area contributed by atoms with Crippen molar-refractivity contribution in [2.24, 2.45) is 11.3 Å². The first-order chi connectivity index (χ1) is 16.4. The van der Waals surface area contributed by atoms with Gasteiger partial charge in [0.2, 0.25) is 0 Å². The van der Waals surface area contributed by atoms with E-state index in [9.17, 15) is 14.7 Å². The van der Waals surface area contributed by atoms with Crippen molar-refractivity contribution in [3.8, 4) is 0 Å². The van der Waals surface area contributed by atoms with Gasteiger partial charge in [-0.3, -0.25) is 4.79 Å². The topological polar surface area (TPSA) is 78.9 Å². The molecule has 2 aliphatic rings. The van der Waals surface area contributed by atoms with Gasteiger partial charge in [0.05, 0.1) is 23.2 Å². The van der Waals surface area contributed by atoms with Crippen LogP contribution in [0.1, 0.15) is 92.2 Å². The number of urea groups is 1. The van der Waals surface area contributed by atoms with E-state index < -0.39 is 11.5 Å². The van der Waals surface area contributed by atoms with E-state index in [2.05, 4.69) is 65.9 Å². The van der Waals surface area contributed by atoms with Crippen LogP contribution in [0.3, 0.4) is 0 Å². The van der Waals surface area contributed by atoms with Crippen LogP contribution >= 0.6 is 11.6 Å². The molecule has 0 aliphatic carbocycles. The highest BCUT2D eigenvalue weighted by Gasteiger charge is 2.47. The highest BCUT2D eigenvalue weighted by molar-refractivity contribution is 6.31. The number of carboxylic acids is 1. The maximum absolute atomic E-state index is 13.2. The van der Waals surface area contributed by atoms with Crippen molar-refractivity contribution in [3.05, 3.63) is 46.1 Å². The average Bonchev–Trinajstić information content (AvgIpc) is 2.69. The maximum atomic E-state index is 13.2. The SMILES string of the molecule is CC(C)(C)CCc1ccc([C@]2(C)NC(=O)N(CCC(=O)O)C=C2C2CC(C)(C)OC(C)(C)C2)cc1Cl. The predicted molar refractivity (Wildman–Crippen MR) is 144 cm³/mol. The summed E-state index contributed by atoms with van der Waals surface area (Å²) in [4.78, 5) is 25.9. The molecule has 0 bridgehead atoms. The first kappa shape index (κ1) is 28.5. The molecule has 2 N–H and O–H groups in total. The molecule has 200 valence electrons. The third kappa shape index (κ3) is 6.83. The molecular weight excluding hydrogens is 476 g/mol. The van der Waals surface area contributed by atoms with Gasteiger partial charge in [-0.2, -0.15) is 0 Å². The van der Waals surface area contributed by atoms with E-state index in [-0.39, 0.29) is 41.5 Å². The number of amides is 2. The van der Waals surface area contributed by atoms with Gasteiger partial charge in [0.25, 0.3) is 0 Å². The van der Waals surface area contributed by atoms with Crippen LogP contribution in [-0.4, -0.2) is 39.8 Å². The molecule has 0 saturated carbocycles. The molecular formula is C29H43ClN2O4. The largest absolute Gasteiger partial charge is 0.481 e. The van der Waals surface area contributed by atoms with Crippen molar-refractivity contribution in [1.29, 1.82) is 0 Å². The molecule has 1 saturated heterocycles. The van der Waals surface area contributed by atoms with E-state index in [1.807, 2.05) is 19.2 Å².